The highest BCUT2D eigenvalue weighted by Gasteiger charge is 2.51. The van der Waals surface area contributed by atoms with Gasteiger partial charge in [0.15, 0.2) is 0 Å². The monoisotopic (exact) mass is 178 g/mol. The van der Waals surface area contributed by atoms with Crippen molar-refractivity contribution >= 4 is 7.28 Å². The van der Waals surface area contributed by atoms with E-state index >= 15 is 0 Å². The second-order valence-corrected chi connectivity index (χ2v) is 6.81. The third-order valence-corrected chi connectivity index (χ3v) is 5.18. The van der Waals surface area contributed by atoms with Crippen LogP contribution in [0.25, 0.3) is 0 Å². The summed E-state index contributed by atoms with van der Waals surface area (Å²) in [4.78, 5) is 0. The van der Waals surface area contributed by atoms with Crippen molar-refractivity contribution in [1.82, 2.24) is 0 Å². The Bertz CT molecular complexity index is 198. The highest BCUT2D eigenvalue weighted by Crippen LogP contribution is 2.64. The van der Waals surface area contributed by atoms with Crippen molar-refractivity contribution in [3.05, 3.63) is 0 Å². The molecule has 1 aliphatic carbocycles. The topological polar surface area (TPSA) is 0 Å². The number of hydrogen-bond acceptors (Lipinski definition) is 0. The Balaban J connectivity index is 2.03. The molecule has 0 aromatic rings. The van der Waals surface area contributed by atoms with Gasteiger partial charge in [-0.15, -0.1) is 0 Å². The molecule has 0 bridgehead atoms. The maximum absolute atomic E-state index is 2.50. The second kappa shape index (κ2) is 2.55. The molecule has 1 saturated carbocycles. The minimum atomic E-state index is 0.503. The molecule has 13 heavy (non-hydrogen) atoms. The Morgan fingerprint density at radius 1 is 1.00 bits per heavy atom. The summed E-state index contributed by atoms with van der Waals surface area (Å²) in [6, 6.07) is 0. The lowest BCUT2D eigenvalue weighted by Crippen LogP contribution is -2.38. The van der Waals surface area contributed by atoms with Crippen LogP contribution < -0.4 is 0 Å². The van der Waals surface area contributed by atoms with Gasteiger partial charge in [0.1, 0.15) is 7.28 Å². The van der Waals surface area contributed by atoms with Crippen LogP contribution in [0.5, 0.6) is 0 Å². The molecule has 0 N–H and O–H groups in total. The third kappa shape index (κ3) is 1.55. The van der Waals surface area contributed by atoms with Crippen LogP contribution in [0.1, 0.15) is 53.4 Å². The van der Waals surface area contributed by atoms with Crippen molar-refractivity contribution in [3.8, 4) is 0 Å². The van der Waals surface area contributed by atoms with E-state index in [1.54, 1.807) is 0 Å². The summed E-state index contributed by atoms with van der Waals surface area (Å²) in [7, 11) is 1.51. The van der Waals surface area contributed by atoms with E-state index in [9.17, 15) is 0 Å². The molecule has 1 heterocycles. The quantitative estimate of drug-likeness (QED) is 0.497. The number of rotatable bonds is 0. The van der Waals surface area contributed by atoms with Crippen LogP contribution in [0.15, 0.2) is 0 Å². The molecule has 0 radical (unpaired) electrons. The first kappa shape index (κ1) is 9.61. The van der Waals surface area contributed by atoms with Gasteiger partial charge in [0.25, 0.3) is 0 Å². The third-order valence-electron chi connectivity index (χ3n) is 5.18. The first-order valence-corrected chi connectivity index (χ1v) is 5.87. The fourth-order valence-electron chi connectivity index (χ4n) is 2.76. The molecular weight excluding hydrogens is 155 g/mol. The minimum absolute atomic E-state index is 0.503. The molecule has 1 atom stereocenters. The summed E-state index contributed by atoms with van der Waals surface area (Å²) in [6.45, 7) is 9.75. The average Bonchev–Trinajstić information content (AvgIpc) is 2.75. The van der Waals surface area contributed by atoms with Crippen LogP contribution in [0, 0.1) is 10.8 Å². The van der Waals surface area contributed by atoms with Crippen molar-refractivity contribution in [3.63, 3.8) is 0 Å². The maximum atomic E-state index is 2.50. The van der Waals surface area contributed by atoms with E-state index in [4.69, 9.17) is 0 Å². The van der Waals surface area contributed by atoms with Crippen LogP contribution >= 0.6 is 0 Å². The summed E-state index contributed by atoms with van der Waals surface area (Å²) < 4.78 is 0. The first-order chi connectivity index (χ1) is 5.87. The predicted molar refractivity (Wildman–Crippen MR) is 60.7 cm³/mol. The van der Waals surface area contributed by atoms with Gasteiger partial charge in [0.2, 0.25) is 0 Å². The molecular formula is C12H23B. The van der Waals surface area contributed by atoms with E-state index in [1.165, 1.54) is 39.3 Å². The van der Waals surface area contributed by atoms with Crippen LogP contribution in [-0.4, -0.2) is 7.28 Å². The fraction of sp³-hybridized carbons (Fsp3) is 1.00. The van der Waals surface area contributed by atoms with E-state index < -0.39 is 0 Å². The van der Waals surface area contributed by atoms with E-state index in [2.05, 4.69) is 27.7 Å². The standard InChI is InChI=1S/C12H23B/c1-10(2,3)11(4)5-6-12(7-8-12)13-9-11/h13H,5-9H2,1-4H3. The van der Waals surface area contributed by atoms with Gasteiger partial charge in [-0.1, -0.05) is 58.6 Å². The van der Waals surface area contributed by atoms with E-state index in [-0.39, 0.29) is 0 Å². The van der Waals surface area contributed by atoms with Crippen molar-refractivity contribution in [2.24, 2.45) is 10.8 Å². The molecule has 0 aromatic carbocycles. The molecule has 1 aliphatic heterocycles. The molecule has 1 unspecified atom stereocenters. The highest BCUT2D eigenvalue weighted by atomic mass is 14.5. The summed E-state index contributed by atoms with van der Waals surface area (Å²) in [5, 5.41) is 0.852. The first-order valence-electron chi connectivity index (χ1n) is 5.87. The second-order valence-electron chi connectivity index (χ2n) is 6.81. The minimum Gasteiger partial charge on any atom is -0.0710 e. The molecule has 2 fully saturated rings. The largest absolute Gasteiger partial charge is 0.128 e. The highest BCUT2D eigenvalue weighted by molar-refractivity contribution is 6.42. The molecule has 2 rings (SSSR count). The van der Waals surface area contributed by atoms with Crippen LogP contribution in [-0.2, 0) is 0 Å². The zero-order valence-electron chi connectivity index (χ0n) is 9.74. The van der Waals surface area contributed by atoms with Crippen molar-refractivity contribution in [1.29, 1.82) is 0 Å². The summed E-state index contributed by atoms with van der Waals surface area (Å²) in [5.41, 5.74) is 1.12. The molecule has 0 nitrogen and oxygen atoms in total. The van der Waals surface area contributed by atoms with Gasteiger partial charge in [0, 0.05) is 0 Å². The Labute approximate surface area is 83.7 Å². The normalized spacial score (nSPS) is 37.2. The van der Waals surface area contributed by atoms with Gasteiger partial charge >= 0.3 is 0 Å². The van der Waals surface area contributed by atoms with Crippen LogP contribution in [0.2, 0.25) is 11.6 Å². The van der Waals surface area contributed by atoms with Crippen molar-refractivity contribution in [2.45, 2.75) is 65.0 Å². The summed E-state index contributed by atoms with van der Waals surface area (Å²) >= 11 is 0. The van der Waals surface area contributed by atoms with E-state index in [0.717, 1.165) is 5.31 Å². The average molecular weight is 178 g/mol. The Morgan fingerprint density at radius 3 is 1.85 bits per heavy atom. The molecule has 1 spiro atoms. The van der Waals surface area contributed by atoms with Gasteiger partial charge in [-0.05, 0) is 17.3 Å². The van der Waals surface area contributed by atoms with E-state index in [1.807, 2.05) is 0 Å². The van der Waals surface area contributed by atoms with Crippen molar-refractivity contribution < 1.29 is 0 Å². The summed E-state index contributed by atoms with van der Waals surface area (Å²) in [5.74, 6) is 0. The molecule has 0 aromatic heterocycles. The lowest BCUT2D eigenvalue weighted by Gasteiger charge is -2.47. The molecule has 1 saturated heterocycles. The zero-order valence-corrected chi connectivity index (χ0v) is 9.74. The zero-order chi connectivity index (χ0) is 9.74. The van der Waals surface area contributed by atoms with Crippen molar-refractivity contribution in [2.75, 3.05) is 0 Å². The van der Waals surface area contributed by atoms with Gasteiger partial charge in [-0.25, -0.2) is 0 Å². The Kier molecular flexibility index (Phi) is 1.89. The summed E-state index contributed by atoms with van der Waals surface area (Å²) in [6.07, 6.45) is 7.52. The molecule has 1 heteroatoms. The number of hydrogen-bond donors (Lipinski definition) is 0. The molecule has 74 valence electrons. The SMILES string of the molecule is CC(C)(C)C1(C)CBC2(CC2)CC1. The van der Waals surface area contributed by atoms with E-state index in [0.29, 0.717) is 10.8 Å². The maximum Gasteiger partial charge on any atom is 0.128 e. The Hall–Kier alpha value is 0.0649. The van der Waals surface area contributed by atoms with Gasteiger partial charge in [-0.3, -0.25) is 0 Å². The molecule has 0 amide bonds. The van der Waals surface area contributed by atoms with Gasteiger partial charge in [-0.2, -0.15) is 0 Å². The predicted octanol–water partition coefficient (Wildman–Crippen LogP) is 3.64. The lowest BCUT2D eigenvalue weighted by atomic mass is 9.42. The van der Waals surface area contributed by atoms with Crippen LogP contribution in [0.3, 0.4) is 0 Å². The smallest absolute Gasteiger partial charge is 0.0710 e. The van der Waals surface area contributed by atoms with Crippen LogP contribution in [0.4, 0.5) is 0 Å². The van der Waals surface area contributed by atoms with Gasteiger partial charge < -0.3 is 0 Å². The molecule has 2 aliphatic rings. The Morgan fingerprint density at radius 2 is 1.54 bits per heavy atom. The van der Waals surface area contributed by atoms with Gasteiger partial charge in [0.05, 0.1) is 0 Å². The fourth-order valence-corrected chi connectivity index (χ4v) is 2.76. The lowest BCUT2D eigenvalue weighted by molar-refractivity contribution is 0.107.